The summed E-state index contributed by atoms with van der Waals surface area (Å²) in [6.07, 6.45) is 3.23. The van der Waals surface area contributed by atoms with Crippen molar-refractivity contribution in [2.75, 3.05) is 32.1 Å². The van der Waals surface area contributed by atoms with Gasteiger partial charge in [0.15, 0.2) is 5.75 Å². The van der Waals surface area contributed by atoms with Gasteiger partial charge >= 0.3 is 0 Å². The van der Waals surface area contributed by atoms with Crippen molar-refractivity contribution in [2.45, 2.75) is 38.3 Å². The fourth-order valence-electron chi connectivity index (χ4n) is 4.66. The Balaban J connectivity index is 1.75. The fourth-order valence-corrected chi connectivity index (χ4v) is 5.58. The van der Waals surface area contributed by atoms with E-state index >= 15 is 0 Å². The molecule has 1 aromatic carbocycles. The van der Waals surface area contributed by atoms with Crippen LogP contribution >= 0.6 is 11.5 Å². The molecular formula is C21H26N4O3S. The van der Waals surface area contributed by atoms with E-state index in [9.17, 15) is 9.59 Å². The van der Waals surface area contributed by atoms with Crippen LogP contribution in [-0.2, 0) is 0 Å². The van der Waals surface area contributed by atoms with E-state index in [2.05, 4.69) is 26.1 Å². The number of fused-ring (bicyclic) bond motifs is 2. The normalized spacial score (nSPS) is 20.7. The lowest BCUT2D eigenvalue weighted by Gasteiger charge is -2.25. The maximum atomic E-state index is 13.1. The molecule has 2 aliphatic rings. The van der Waals surface area contributed by atoms with Crippen LogP contribution < -0.4 is 25.9 Å². The Hall–Kier alpha value is -2.32. The van der Waals surface area contributed by atoms with E-state index in [0.717, 1.165) is 54.1 Å². The minimum Gasteiger partial charge on any atom is -0.492 e. The van der Waals surface area contributed by atoms with E-state index in [1.54, 1.807) is 7.11 Å². The number of rotatable bonds is 5. The molecule has 1 aliphatic carbocycles. The van der Waals surface area contributed by atoms with Gasteiger partial charge in [-0.3, -0.25) is 14.0 Å². The van der Waals surface area contributed by atoms with Crippen LogP contribution in [0.3, 0.4) is 0 Å². The van der Waals surface area contributed by atoms with E-state index in [1.165, 1.54) is 11.5 Å². The van der Waals surface area contributed by atoms with E-state index in [-0.39, 0.29) is 16.4 Å². The molecule has 0 radical (unpaired) electrons. The summed E-state index contributed by atoms with van der Waals surface area (Å²) in [6.45, 7) is 4.14. The monoisotopic (exact) mass is 414 g/mol. The third-order valence-electron chi connectivity index (χ3n) is 6.57. The number of hydrogen-bond donors (Lipinski definition) is 2. The van der Waals surface area contributed by atoms with E-state index in [1.807, 2.05) is 19.2 Å². The maximum Gasteiger partial charge on any atom is 0.271 e. The molecule has 1 saturated heterocycles. The van der Waals surface area contributed by atoms with Gasteiger partial charge in [-0.1, -0.05) is 0 Å². The number of anilines is 1. The molecule has 2 aromatic heterocycles. The first kappa shape index (κ1) is 18.7. The molecule has 7 nitrogen and oxygen atoms in total. The minimum absolute atomic E-state index is 0.206. The predicted molar refractivity (Wildman–Crippen MR) is 118 cm³/mol. The number of benzene rings is 1. The van der Waals surface area contributed by atoms with Gasteiger partial charge in [0, 0.05) is 25.2 Å². The molecule has 2 fully saturated rings. The second-order valence-electron chi connectivity index (χ2n) is 8.23. The van der Waals surface area contributed by atoms with Crippen molar-refractivity contribution in [3.8, 4) is 5.75 Å². The van der Waals surface area contributed by atoms with Crippen LogP contribution in [0, 0.1) is 5.92 Å². The zero-order valence-electron chi connectivity index (χ0n) is 16.9. The van der Waals surface area contributed by atoms with E-state index < -0.39 is 0 Å². The predicted octanol–water partition coefficient (Wildman–Crippen LogP) is 2.68. The molecule has 29 heavy (non-hydrogen) atoms. The highest BCUT2D eigenvalue weighted by Crippen LogP contribution is 2.45. The summed E-state index contributed by atoms with van der Waals surface area (Å²) in [6, 6.07) is 4.62. The maximum absolute atomic E-state index is 13.1. The van der Waals surface area contributed by atoms with Crippen LogP contribution in [0.15, 0.2) is 21.7 Å². The van der Waals surface area contributed by atoms with Crippen LogP contribution in [-0.4, -0.2) is 42.2 Å². The summed E-state index contributed by atoms with van der Waals surface area (Å²) in [7, 11) is 3.68. The molecule has 1 aliphatic heterocycles. The first-order valence-corrected chi connectivity index (χ1v) is 11.0. The number of aromatic nitrogens is 2. The van der Waals surface area contributed by atoms with Crippen LogP contribution in [0.5, 0.6) is 5.75 Å². The SMILES string of the molecule is CNC(C)[C@@H]1CCN(c2ccc3c(=O)c4c(=O)[nH]sc4n(C4CC4)c3c2OC)C1. The zero-order valence-corrected chi connectivity index (χ0v) is 17.8. The minimum atomic E-state index is -0.294. The second-order valence-corrected chi connectivity index (χ2v) is 9.02. The molecule has 3 heterocycles. The summed E-state index contributed by atoms with van der Waals surface area (Å²) in [5.74, 6) is 1.32. The van der Waals surface area contributed by atoms with Gasteiger partial charge < -0.3 is 19.5 Å². The lowest BCUT2D eigenvalue weighted by molar-refractivity contribution is 0.415. The summed E-state index contributed by atoms with van der Waals surface area (Å²) in [5, 5.41) is 4.20. The number of ether oxygens (including phenoxy) is 1. The molecule has 0 bridgehead atoms. The largest absolute Gasteiger partial charge is 0.492 e. The van der Waals surface area contributed by atoms with Gasteiger partial charge in [-0.2, -0.15) is 0 Å². The Morgan fingerprint density at radius 1 is 1.28 bits per heavy atom. The lowest BCUT2D eigenvalue weighted by atomic mass is 10.0. The molecule has 2 atom stereocenters. The molecule has 0 spiro atoms. The summed E-state index contributed by atoms with van der Waals surface area (Å²) in [5.41, 5.74) is 1.35. The van der Waals surface area contributed by atoms with Gasteiger partial charge in [0.2, 0.25) is 5.43 Å². The first-order valence-electron chi connectivity index (χ1n) is 10.2. The summed E-state index contributed by atoms with van der Waals surface area (Å²) >= 11 is 1.25. The van der Waals surface area contributed by atoms with Crippen LogP contribution in [0.25, 0.3) is 21.1 Å². The van der Waals surface area contributed by atoms with Crippen molar-refractivity contribution in [2.24, 2.45) is 5.92 Å². The number of hydrogen-bond acceptors (Lipinski definition) is 6. The van der Waals surface area contributed by atoms with Crippen molar-refractivity contribution in [1.82, 2.24) is 14.3 Å². The standard InChI is InChI=1S/C21H26N4O3S/c1-11(22-2)12-8-9-24(10-12)15-7-6-14-17(19(15)28-3)25(13-4-5-13)21-16(18(14)26)20(27)23-29-21/h6-7,11-13,22H,4-5,8-10H2,1-3H3,(H,23,27)/t11?,12-/m1/s1. The number of aromatic amines is 1. The van der Waals surface area contributed by atoms with Gasteiger partial charge in [0.25, 0.3) is 5.56 Å². The molecule has 154 valence electrons. The van der Waals surface area contributed by atoms with Gasteiger partial charge in [0.05, 0.1) is 23.7 Å². The van der Waals surface area contributed by atoms with Gasteiger partial charge in [-0.25, -0.2) is 0 Å². The van der Waals surface area contributed by atoms with Crippen molar-refractivity contribution in [3.63, 3.8) is 0 Å². The van der Waals surface area contributed by atoms with Gasteiger partial charge in [-0.05, 0) is 62.8 Å². The smallest absolute Gasteiger partial charge is 0.271 e. The molecule has 8 heteroatoms. The molecule has 3 aromatic rings. The summed E-state index contributed by atoms with van der Waals surface area (Å²) < 4.78 is 10.8. The Labute approximate surface area is 172 Å². The zero-order chi connectivity index (χ0) is 20.3. The van der Waals surface area contributed by atoms with E-state index in [0.29, 0.717) is 23.4 Å². The molecule has 5 rings (SSSR count). The number of nitrogens with one attached hydrogen (secondary N) is 2. The Morgan fingerprint density at radius 2 is 2.07 bits per heavy atom. The molecule has 0 amide bonds. The third kappa shape index (κ3) is 2.80. The second kappa shape index (κ2) is 6.88. The Morgan fingerprint density at radius 3 is 2.76 bits per heavy atom. The van der Waals surface area contributed by atoms with Crippen LogP contribution in [0.4, 0.5) is 5.69 Å². The average molecular weight is 415 g/mol. The van der Waals surface area contributed by atoms with Crippen LogP contribution in [0.1, 0.15) is 32.2 Å². The highest BCUT2D eigenvalue weighted by molar-refractivity contribution is 7.12. The number of pyridine rings is 1. The number of methoxy groups -OCH3 is 1. The average Bonchev–Trinajstić information content (AvgIpc) is 3.31. The third-order valence-corrected chi connectivity index (χ3v) is 7.45. The number of nitrogens with zero attached hydrogens (tertiary/aromatic N) is 2. The highest BCUT2D eigenvalue weighted by atomic mass is 32.1. The lowest BCUT2D eigenvalue weighted by Crippen LogP contribution is -2.32. The molecular weight excluding hydrogens is 388 g/mol. The number of H-pyrrole nitrogens is 1. The quantitative estimate of drug-likeness (QED) is 0.671. The van der Waals surface area contributed by atoms with E-state index in [4.69, 9.17) is 4.74 Å². The van der Waals surface area contributed by atoms with Crippen molar-refractivity contribution < 1.29 is 4.74 Å². The molecule has 1 saturated carbocycles. The first-order chi connectivity index (χ1) is 14.0. The molecule has 2 N–H and O–H groups in total. The van der Waals surface area contributed by atoms with Gasteiger partial charge in [0.1, 0.15) is 10.2 Å². The fraction of sp³-hybridized carbons (Fsp3) is 0.524. The van der Waals surface area contributed by atoms with Gasteiger partial charge in [-0.15, -0.1) is 0 Å². The van der Waals surface area contributed by atoms with Crippen molar-refractivity contribution in [1.29, 1.82) is 0 Å². The molecule has 1 unspecified atom stereocenters. The highest BCUT2D eigenvalue weighted by Gasteiger charge is 2.33. The van der Waals surface area contributed by atoms with Crippen molar-refractivity contribution in [3.05, 3.63) is 32.7 Å². The Kier molecular flexibility index (Phi) is 4.43. The topological polar surface area (TPSA) is 79.4 Å². The van der Waals surface area contributed by atoms with Crippen molar-refractivity contribution >= 4 is 38.3 Å². The summed E-state index contributed by atoms with van der Waals surface area (Å²) in [4.78, 5) is 28.5. The van der Waals surface area contributed by atoms with Crippen LogP contribution in [0.2, 0.25) is 0 Å². The Bertz CT molecular complexity index is 1210.